The van der Waals surface area contributed by atoms with Crippen molar-refractivity contribution < 1.29 is 9.53 Å². The topological polar surface area (TPSA) is 55.6 Å². The van der Waals surface area contributed by atoms with E-state index in [1.54, 1.807) is 0 Å². The molecule has 3 aliphatic rings. The van der Waals surface area contributed by atoms with Gasteiger partial charge in [-0.2, -0.15) is 0 Å². The van der Waals surface area contributed by atoms with Gasteiger partial charge in [0.1, 0.15) is 5.54 Å². The maximum absolute atomic E-state index is 12.2. The van der Waals surface area contributed by atoms with Gasteiger partial charge in [0.05, 0.1) is 7.11 Å². The molecular formula is C16H28N2O2. The second kappa shape index (κ2) is 5.64. The number of hydrogen-bond donors (Lipinski definition) is 1. The number of esters is 1. The Hall–Kier alpha value is -0.610. The minimum atomic E-state index is -0.770. The fourth-order valence-electron chi connectivity index (χ4n) is 4.41. The third-order valence-electron chi connectivity index (χ3n) is 5.69. The van der Waals surface area contributed by atoms with Crippen LogP contribution in [0.15, 0.2) is 0 Å². The van der Waals surface area contributed by atoms with E-state index in [0.717, 1.165) is 25.3 Å². The number of nitrogens with zero attached hydrogens (tertiary/aromatic N) is 1. The van der Waals surface area contributed by atoms with E-state index in [1.165, 1.54) is 45.6 Å². The highest BCUT2D eigenvalue weighted by molar-refractivity contribution is 5.81. The number of fused-ring (bicyclic) bond motifs is 1. The van der Waals surface area contributed by atoms with E-state index < -0.39 is 5.54 Å². The van der Waals surface area contributed by atoms with Gasteiger partial charge in [0.15, 0.2) is 0 Å². The van der Waals surface area contributed by atoms with E-state index in [4.69, 9.17) is 10.5 Å². The van der Waals surface area contributed by atoms with Gasteiger partial charge in [0.25, 0.3) is 0 Å². The summed E-state index contributed by atoms with van der Waals surface area (Å²) in [7, 11) is 1.46. The Morgan fingerprint density at radius 1 is 1.20 bits per heavy atom. The molecule has 20 heavy (non-hydrogen) atoms. The van der Waals surface area contributed by atoms with Gasteiger partial charge in [-0.3, -0.25) is 9.69 Å². The van der Waals surface area contributed by atoms with E-state index in [0.29, 0.717) is 18.5 Å². The minimum Gasteiger partial charge on any atom is -0.468 e. The lowest BCUT2D eigenvalue weighted by molar-refractivity contribution is -0.149. The molecule has 4 nitrogen and oxygen atoms in total. The first-order chi connectivity index (χ1) is 9.65. The van der Waals surface area contributed by atoms with Crippen LogP contribution in [0.4, 0.5) is 0 Å². The van der Waals surface area contributed by atoms with Crippen LogP contribution in [0.5, 0.6) is 0 Å². The van der Waals surface area contributed by atoms with Crippen molar-refractivity contribution in [1.29, 1.82) is 0 Å². The molecule has 0 aromatic carbocycles. The molecule has 2 aliphatic carbocycles. The highest BCUT2D eigenvalue weighted by atomic mass is 16.5. The van der Waals surface area contributed by atoms with Gasteiger partial charge in [-0.25, -0.2) is 0 Å². The second-order valence-electron chi connectivity index (χ2n) is 7.03. The minimum absolute atomic E-state index is 0.210. The standard InChI is InChI=1S/C16H28N2O2/c1-20-15(19)16(17,13-8-9-13)11-18-10-4-6-12-5-2-3-7-14(12)18/h12-14H,2-11,17H2,1H3/t12-,14-,16?/m1/s1. The lowest BCUT2D eigenvalue weighted by Crippen LogP contribution is -2.61. The van der Waals surface area contributed by atoms with E-state index in [9.17, 15) is 4.79 Å². The van der Waals surface area contributed by atoms with Crippen LogP contribution >= 0.6 is 0 Å². The van der Waals surface area contributed by atoms with E-state index in [-0.39, 0.29) is 5.97 Å². The number of carbonyl (C=O) groups excluding carboxylic acids is 1. The molecule has 0 aromatic heterocycles. The van der Waals surface area contributed by atoms with Gasteiger partial charge in [-0.15, -0.1) is 0 Å². The smallest absolute Gasteiger partial charge is 0.327 e. The van der Waals surface area contributed by atoms with Gasteiger partial charge in [0, 0.05) is 12.6 Å². The first-order valence-electron chi connectivity index (χ1n) is 8.26. The zero-order valence-corrected chi connectivity index (χ0v) is 12.6. The summed E-state index contributed by atoms with van der Waals surface area (Å²) in [5, 5.41) is 0. The van der Waals surface area contributed by atoms with Gasteiger partial charge in [-0.05, 0) is 56.9 Å². The van der Waals surface area contributed by atoms with Gasteiger partial charge in [0.2, 0.25) is 0 Å². The average Bonchev–Trinajstić information content (AvgIpc) is 3.31. The van der Waals surface area contributed by atoms with Crippen molar-refractivity contribution in [3.8, 4) is 0 Å². The molecule has 2 N–H and O–H groups in total. The number of carbonyl (C=O) groups is 1. The molecular weight excluding hydrogens is 252 g/mol. The third kappa shape index (κ3) is 2.60. The molecule has 3 rings (SSSR count). The SMILES string of the molecule is COC(=O)C(N)(CN1CCC[C@H]2CCCC[C@H]21)C1CC1. The molecule has 1 saturated heterocycles. The number of likely N-dealkylation sites (tertiary alicyclic amines) is 1. The van der Waals surface area contributed by atoms with Crippen LogP contribution in [-0.2, 0) is 9.53 Å². The summed E-state index contributed by atoms with van der Waals surface area (Å²) in [4.78, 5) is 14.7. The monoisotopic (exact) mass is 280 g/mol. The van der Waals surface area contributed by atoms with Crippen LogP contribution in [0.3, 0.4) is 0 Å². The van der Waals surface area contributed by atoms with Crippen LogP contribution in [0, 0.1) is 11.8 Å². The molecule has 4 heteroatoms. The van der Waals surface area contributed by atoms with Crippen molar-refractivity contribution in [2.75, 3.05) is 20.2 Å². The molecule has 1 heterocycles. The van der Waals surface area contributed by atoms with Gasteiger partial charge < -0.3 is 10.5 Å². The van der Waals surface area contributed by atoms with Crippen molar-refractivity contribution in [3.05, 3.63) is 0 Å². The fourth-order valence-corrected chi connectivity index (χ4v) is 4.41. The highest BCUT2D eigenvalue weighted by Gasteiger charge is 2.51. The summed E-state index contributed by atoms with van der Waals surface area (Å²) in [5.41, 5.74) is 5.72. The Kier molecular flexibility index (Phi) is 4.04. The van der Waals surface area contributed by atoms with Crippen LogP contribution < -0.4 is 5.73 Å². The van der Waals surface area contributed by atoms with Crippen molar-refractivity contribution in [2.45, 2.75) is 62.9 Å². The molecule has 0 bridgehead atoms. The van der Waals surface area contributed by atoms with Crippen LogP contribution in [0.2, 0.25) is 0 Å². The first kappa shape index (κ1) is 14.3. The van der Waals surface area contributed by atoms with Crippen molar-refractivity contribution in [2.24, 2.45) is 17.6 Å². The van der Waals surface area contributed by atoms with E-state index in [1.807, 2.05) is 0 Å². The molecule has 0 aromatic rings. The number of piperidine rings is 1. The summed E-state index contributed by atoms with van der Waals surface area (Å²) in [6.45, 7) is 1.80. The summed E-state index contributed by atoms with van der Waals surface area (Å²) in [6.07, 6.45) is 10.1. The molecule has 3 fully saturated rings. The maximum atomic E-state index is 12.2. The zero-order chi connectivity index (χ0) is 14.2. The fraction of sp³-hybridized carbons (Fsp3) is 0.938. The van der Waals surface area contributed by atoms with Gasteiger partial charge >= 0.3 is 5.97 Å². The Morgan fingerprint density at radius 2 is 1.90 bits per heavy atom. The summed E-state index contributed by atoms with van der Waals surface area (Å²) in [5.74, 6) is 0.954. The number of rotatable bonds is 4. The van der Waals surface area contributed by atoms with Crippen LogP contribution in [0.25, 0.3) is 0 Å². The number of methoxy groups -OCH3 is 1. The maximum Gasteiger partial charge on any atom is 0.327 e. The molecule has 0 spiro atoms. The Bertz CT molecular complexity index is 367. The second-order valence-corrected chi connectivity index (χ2v) is 7.03. The van der Waals surface area contributed by atoms with E-state index in [2.05, 4.69) is 4.90 Å². The summed E-state index contributed by atoms with van der Waals surface area (Å²) >= 11 is 0. The lowest BCUT2D eigenvalue weighted by Gasteiger charge is -2.46. The molecule has 3 atom stereocenters. The van der Waals surface area contributed by atoms with Crippen molar-refractivity contribution >= 4 is 5.97 Å². The molecule has 0 amide bonds. The van der Waals surface area contributed by atoms with Crippen LogP contribution in [-0.4, -0.2) is 42.6 Å². The molecule has 0 radical (unpaired) electrons. The normalized spacial score (nSPS) is 34.1. The Labute approximate surface area is 122 Å². The zero-order valence-electron chi connectivity index (χ0n) is 12.6. The van der Waals surface area contributed by atoms with Gasteiger partial charge in [-0.1, -0.05) is 12.8 Å². The lowest BCUT2D eigenvalue weighted by atomic mass is 9.77. The summed E-state index contributed by atoms with van der Waals surface area (Å²) in [6, 6.07) is 0.656. The third-order valence-corrected chi connectivity index (χ3v) is 5.69. The van der Waals surface area contributed by atoms with Crippen molar-refractivity contribution in [3.63, 3.8) is 0 Å². The predicted octanol–water partition coefficient (Wildman–Crippen LogP) is 1.92. The molecule has 2 saturated carbocycles. The summed E-state index contributed by atoms with van der Waals surface area (Å²) < 4.78 is 5.00. The quantitative estimate of drug-likeness (QED) is 0.799. The highest BCUT2D eigenvalue weighted by Crippen LogP contribution is 2.42. The Balaban J connectivity index is 1.72. The van der Waals surface area contributed by atoms with E-state index >= 15 is 0 Å². The predicted molar refractivity (Wildman–Crippen MR) is 78.2 cm³/mol. The first-order valence-corrected chi connectivity index (χ1v) is 8.26. The number of hydrogen-bond acceptors (Lipinski definition) is 4. The molecule has 1 unspecified atom stereocenters. The molecule has 114 valence electrons. The number of ether oxygens (including phenoxy) is 1. The van der Waals surface area contributed by atoms with Crippen molar-refractivity contribution in [1.82, 2.24) is 4.90 Å². The largest absolute Gasteiger partial charge is 0.468 e. The average molecular weight is 280 g/mol. The van der Waals surface area contributed by atoms with Crippen LogP contribution in [0.1, 0.15) is 51.4 Å². The Morgan fingerprint density at radius 3 is 2.60 bits per heavy atom. The number of nitrogens with two attached hydrogens (primary N) is 1. The molecule has 1 aliphatic heterocycles.